The number of anilines is 1. The average molecular weight is 365 g/mol. The Kier molecular flexibility index (Phi) is 5.07. The van der Waals surface area contributed by atoms with Crippen LogP contribution in [0.15, 0.2) is 42.5 Å². The van der Waals surface area contributed by atoms with Crippen molar-refractivity contribution >= 4 is 28.9 Å². The number of hydrogen-bond donors (Lipinski definition) is 2. The normalized spacial score (nSPS) is 14.6. The van der Waals surface area contributed by atoms with Crippen LogP contribution in [0, 0.1) is 6.92 Å². The summed E-state index contributed by atoms with van der Waals surface area (Å²) in [4.78, 5) is 36.2. The lowest BCUT2D eigenvalue weighted by Crippen LogP contribution is -2.17. The smallest absolute Gasteiger partial charge is 0.337 e. The highest BCUT2D eigenvalue weighted by atomic mass is 16.5. The van der Waals surface area contributed by atoms with Gasteiger partial charge in [0.1, 0.15) is 5.75 Å². The molecule has 2 aromatic rings. The highest BCUT2D eigenvalue weighted by Crippen LogP contribution is 2.33. The lowest BCUT2D eigenvalue weighted by molar-refractivity contribution is -0.115. The lowest BCUT2D eigenvalue weighted by Gasteiger charge is -2.20. The van der Waals surface area contributed by atoms with Crippen LogP contribution in [0.2, 0.25) is 0 Å². The molecule has 0 spiro atoms. The van der Waals surface area contributed by atoms with Gasteiger partial charge in [0.15, 0.2) is 5.78 Å². The van der Waals surface area contributed by atoms with E-state index in [-0.39, 0.29) is 17.0 Å². The molecule has 0 saturated heterocycles. The third-order valence-corrected chi connectivity index (χ3v) is 4.52. The van der Waals surface area contributed by atoms with E-state index in [1.54, 1.807) is 25.3 Å². The molecule has 0 unspecified atom stereocenters. The minimum Gasteiger partial charge on any atom is -0.496 e. The van der Waals surface area contributed by atoms with Gasteiger partial charge in [0.2, 0.25) is 5.91 Å². The minimum atomic E-state index is -1.14. The van der Waals surface area contributed by atoms with Crippen molar-refractivity contribution in [2.24, 2.45) is 0 Å². The average Bonchev–Trinajstić information content (AvgIpc) is 2.64. The molecule has 0 aliphatic heterocycles. The zero-order valence-electron chi connectivity index (χ0n) is 15.0. The molecule has 0 saturated carbocycles. The Morgan fingerprint density at radius 1 is 1.19 bits per heavy atom. The SMILES string of the molecule is COc1cc2c(cc1C)CCC(=O)/C2=C\C(=O)Nc1ccccc1C(=O)O. The number of hydrogen-bond acceptors (Lipinski definition) is 4. The van der Waals surface area contributed by atoms with Crippen LogP contribution in [-0.4, -0.2) is 29.9 Å². The van der Waals surface area contributed by atoms with Gasteiger partial charge in [-0.15, -0.1) is 0 Å². The predicted octanol–water partition coefficient (Wildman–Crippen LogP) is 3.24. The van der Waals surface area contributed by atoms with Crippen LogP contribution >= 0.6 is 0 Å². The van der Waals surface area contributed by atoms with Crippen molar-refractivity contribution in [3.8, 4) is 5.75 Å². The highest BCUT2D eigenvalue weighted by Gasteiger charge is 2.24. The Hall–Kier alpha value is -3.41. The zero-order valence-corrected chi connectivity index (χ0v) is 15.0. The number of fused-ring (bicyclic) bond motifs is 1. The molecule has 0 atom stereocenters. The first-order valence-electron chi connectivity index (χ1n) is 8.46. The molecule has 0 bridgehead atoms. The molecular weight excluding hydrogens is 346 g/mol. The van der Waals surface area contributed by atoms with E-state index in [1.807, 2.05) is 13.0 Å². The number of carbonyl (C=O) groups excluding carboxylic acids is 2. The van der Waals surface area contributed by atoms with Crippen LogP contribution < -0.4 is 10.1 Å². The van der Waals surface area contributed by atoms with Crippen molar-refractivity contribution < 1.29 is 24.2 Å². The first-order chi connectivity index (χ1) is 12.9. The quantitative estimate of drug-likeness (QED) is 0.812. The number of allylic oxidation sites excluding steroid dienone is 1. The Bertz CT molecular complexity index is 975. The van der Waals surface area contributed by atoms with Crippen LogP contribution in [0.5, 0.6) is 5.75 Å². The molecule has 1 amide bonds. The van der Waals surface area contributed by atoms with Crippen LogP contribution in [-0.2, 0) is 16.0 Å². The second kappa shape index (κ2) is 7.45. The van der Waals surface area contributed by atoms with Gasteiger partial charge < -0.3 is 15.2 Å². The summed E-state index contributed by atoms with van der Waals surface area (Å²) in [6, 6.07) is 9.85. The van der Waals surface area contributed by atoms with Gasteiger partial charge in [0, 0.05) is 18.1 Å². The minimum absolute atomic E-state index is 0.0167. The van der Waals surface area contributed by atoms with Gasteiger partial charge in [-0.2, -0.15) is 0 Å². The molecule has 2 aromatic carbocycles. The third-order valence-electron chi connectivity index (χ3n) is 4.52. The van der Waals surface area contributed by atoms with E-state index >= 15 is 0 Å². The maximum absolute atomic E-state index is 12.5. The van der Waals surface area contributed by atoms with Crippen LogP contribution in [0.1, 0.15) is 33.5 Å². The van der Waals surface area contributed by atoms with E-state index in [0.717, 1.165) is 11.1 Å². The molecule has 138 valence electrons. The molecular formula is C21H19NO5. The number of carboxylic acid groups (broad SMARTS) is 1. The van der Waals surface area contributed by atoms with Gasteiger partial charge >= 0.3 is 5.97 Å². The van der Waals surface area contributed by atoms with Gasteiger partial charge in [-0.25, -0.2) is 4.79 Å². The first-order valence-corrected chi connectivity index (χ1v) is 8.46. The van der Waals surface area contributed by atoms with Crippen molar-refractivity contribution in [3.05, 3.63) is 64.7 Å². The van der Waals surface area contributed by atoms with Crippen molar-refractivity contribution in [1.82, 2.24) is 0 Å². The van der Waals surface area contributed by atoms with Gasteiger partial charge in [0.05, 0.1) is 18.4 Å². The fourth-order valence-electron chi connectivity index (χ4n) is 3.20. The predicted molar refractivity (Wildman–Crippen MR) is 101 cm³/mol. The molecule has 27 heavy (non-hydrogen) atoms. The van der Waals surface area contributed by atoms with E-state index < -0.39 is 11.9 Å². The Balaban J connectivity index is 1.97. The number of Topliss-reactive ketones (excluding diaryl/α,β-unsaturated/α-hetero) is 1. The van der Waals surface area contributed by atoms with E-state index in [1.165, 1.54) is 18.2 Å². The van der Waals surface area contributed by atoms with E-state index in [4.69, 9.17) is 4.74 Å². The molecule has 0 radical (unpaired) electrons. The molecule has 6 heteroatoms. The van der Waals surface area contributed by atoms with Crippen molar-refractivity contribution in [2.45, 2.75) is 19.8 Å². The second-order valence-corrected chi connectivity index (χ2v) is 6.30. The standard InChI is InChI=1S/C21H19NO5/c1-12-9-13-7-8-18(23)16(15(13)10-19(12)27-2)11-20(24)22-17-6-4-3-5-14(17)21(25)26/h3-6,9-11H,7-8H2,1-2H3,(H,22,24)(H,25,26)/b16-11-. The van der Waals surface area contributed by atoms with Crippen molar-refractivity contribution in [1.29, 1.82) is 0 Å². The van der Waals surface area contributed by atoms with Crippen LogP contribution in [0.25, 0.3) is 5.57 Å². The summed E-state index contributed by atoms with van der Waals surface area (Å²) in [5, 5.41) is 11.8. The maximum Gasteiger partial charge on any atom is 0.337 e. The molecule has 0 fully saturated rings. The number of ketones is 1. The van der Waals surface area contributed by atoms with Crippen LogP contribution in [0.4, 0.5) is 5.69 Å². The van der Waals surface area contributed by atoms with Gasteiger partial charge in [0.25, 0.3) is 0 Å². The van der Waals surface area contributed by atoms with E-state index in [9.17, 15) is 19.5 Å². The van der Waals surface area contributed by atoms with Gasteiger partial charge in [-0.3, -0.25) is 9.59 Å². The Morgan fingerprint density at radius 3 is 2.63 bits per heavy atom. The summed E-state index contributed by atoms with van der Waals surface area (Å²) >= 11 is 0. The largest absolute Gasteiger partial charge is 0.496 e. The van der Waals surface area contributed by atoms with E-state index in [2.05, 4.69) is 5.32 Å². The number of carboxylic acids is 1. The summed E-state index contributed by atoms with van der Waals surface area (Å²) in [6.07, 6.45) is 2.16. The second-order valence-electron chi connectivity index (χ2n) is 6.30. The van der Waals surface area contributed by atoms with Crippen LogP contribution in [0.3, 0.4) is 0 Å². The first kappa shape index (κ1) is 18.4. The molecule has 0 heterocycles. The number of carbonyl (C=O) groups is 3. The number of aryl methyl sites for hydroxylation is 2. The van der Waals surface area contributed by atoms with Crippen molar-refractivity contribution in [2.75, 3.05) is 12.4 Å². The summed E-state index contributed by atoms with van der Waals surface area (Å²) in [5.74, 6) is -1.18. The summed E-state index contributed by atoms with van der Waals surface area (Å²) < 4.78 is 5.33. The molecule has 1 aliphatic rings. The maximum atomic E-state index is 12.5. The molecule has 3 rings (SSSR count). The van der Waals surface area contributed by atoms with Gasteiger partial charge in [-0.05, 0) is 48.2 Å². The fourth-order valence-corrected chi connectivity index (χ4v) is 3.20. The third kappa shape index (κ3) is 3.74. The number of nitrogens with one attached hydrogen (secondary N) is 1. The van der Waals surface area contributed by atoms with Gasteiger partial charge in [-0.1, -0.05) is 18.2 Å². The number of amides is 1. The highest BCUT2D eigenvalue weighted by molar-refractivity contribution is 6.27. The summed E-state index contributed by atoms with van der Waals surface area (Å²) in [7, 11) is 1.55. The number of methoxy groups -OCH3 is 1. The molecule has 0 aromatic heterocycles. The topological polar surface area (TPSA) is 92.7 Å². The molecule has 6 nitrogen and oxygen atoms in total. The molecule has 1 aliphatic carbocycles. The number of para-hydroxylation sites is 1. The zero-order chi connectivity index (χ0) is 19.6. The molecule has 2 N–H and O–H groups in total. The Labute approximate surface area is 156 Å². The van der Waals surface area contributed by atoms with Crippen molar-refractivity contribution in [3.63, 3.8) is 0 Å². The summed E-state index contributed by atoms with van der Waals surface area (Å²) in [5.41, 5.74) is 3.09. The number of ether oxygens (including phenoxy) is 1. The number of aromatic carboxylic acids is 1. The summed E-state index contributed by atoms with van der Waals surface area (Å²) in [6.45, 7) is 1.93. The number of benzene rings is 2. The monoisotopic (exact) mass is 365 g/mol. The number of rotatable bonds is 4. The Morgan fingerprint density at radius 2 is 1.93 bits per heavy atom. The van der Waals surface area contributed by atoms with E-state index in [0.29, 0.717) is 29.7 Å². The lowest BCUT2D eigenvalue weighted by atomic mass is 9.85. The fraction of sp³-hybridized carbons (Fsp3) is 0.190.